The van der Waals surface area contributed by atoms with Crippen LogP contribution in [0.1, 0.15) is 53.0 Å². The van der Waals surface area contributed by atoms with Crippen LogP contribution in [-0.2, 0) is 16.0 Å². The van der Waals surface area contributed by atoms with E-state index in [1.165, 1.54) is 0 Å². The van der Waals surface area contributed by atoms with Crippen molar-refractivity contribution in [3.8, 4) is 5.75 Å². The molecule has 1 unspecified atom stereocenters. The molecule has 1 aromatic carbocycles. The van der Waals surface area contributed by atoms with Gasteiger partial charge in [-0.1, -0.05) is 53.2 Å². The number of carbonyl (C=O) groups excluding carboxylic acids is 1. The first-order chi connectivity index (χ1) is 10.6. The number of nitrogens with two attached hydrogens (primary N) is 1. The molecule has 0 aliphatic heterocycles. The Morgan fingerprint density at radius 3 is 2.26 bits per heavy atom. The lowest BCUT2D eigenvalue weighted by Crippen LogP contribution is -2.41. The summed E-state index contributed by atoms with van der Waals surface area (Å²) in [5.74, 6) is -0.178. The van der Waals surface area contributed by atoms with E-state index < -0.39 is 6.04 Å². The van der Waals surface area contributed by atoms with Gasteiger partial charge in [-0.25, -0.2) is 0 Å². The van der Waals surface area contributed by atoms with Crippen molar-refractivity contribution < 1.29 is 14.6 Å². The van der Waals surface area contributed by atoms with Crippen molar-refractivity contribution in [2.24, 2.45) is 16.6 Å². The molecule has 0 aliphatic carbocycles. The molecule has 0 aromatic heterocycles. The molecule has 1 rings (SSSR count). The lowest BCUT2D eigenvalue weighted by molar-refractivity contribution is -0.151. The van der Waals surface area contributed by atoms with Crippen molar-refractivity contribution in [2.45, 2.75) is 59.9 Å². The molecule has 0 fully saturated rings. The van der Waals surface area contributed by atoms with Gasteiger partial charge in [0.2, 0.25) is 0 Å². The first-order valence-electron chi connectivity index (χ1n) is 8.29. The van der Waals surface area contributed by atoms with E-state index in [-0.39, 0.29) is 22.5 Å². The summed E-state index contributed by atoms with van der Waals surface area (Å²) in [6.07, 6.45) is 2.58. The molecule has 0 aliphatic rings. The first-order valence-corrected chi connectivity index (χ1v) is 8.29. The first kappa shape index (κ1) is 19.5. The van der Waals surface area contributed by atoms with Crippen LogP contribution in [-0.4, -0.2) is 23.7 Å². The van der Waals surface area contributed by atoms with Gasteiger partial charge in [0.15, 0.2) is 0 Å². The van der Waals surface area contributed by atoms with Crippen molar-refractivity contribution in [3.63, 3.8) is 0 Å². The summed E-state index contributed by atoms with van der Waals surface area (Å²) in [5.41, 5.74) is 6.82. The Balaban J connectivity index is 2.56. The number of ether oxygens (including phenoxy) is 1. The maximum Gasteiger partial charge on any atom is 0.323 e. The molecule has 0 saturated heterocycles. The van der Waals surface area contributed by atoms with Crippen LogP contribution in [0.5, 0.6) is 5.75 Å². The van der Waals surface area contributed by atoms with Crippen LogP contribution in [0, 0.1) is 10.8 Å². The minimum Gasteiger partial charge on any atom is -0.508 e. The average Bonchev–Trinajstić information content (AvgIpc) is 2.47. The Hall–Kier alpha value is -1.55. The summed E-state index contributed by atoms with van der Waals surface area (Å²) in [7, 11) is 0. The zero-order chi connectivity index (χ0) is 17.7. The van der Waals surface area contributed by atoms with Gasteiger partial charge < -0.3 is 15.6 Å². The predicted molar refractivity (Wildman–Crippen MR) is 93.2 cm³/mol. The van der Waals surface area contributed by atoms with Crippen molar-refractivity contribution >= 4 is 5.97 Å². The fourth-order valence-corrected chi connectivity index (χ4v) is 2.49. The largest absolute Gasteiger partial charge is 0.508 e. The number of phenols is 1. The maximum absolute atomic E-state index is 12.1. The lowest BCUT2D eigenvalue weighted by atomic mass is 9.66. The molecule has 3 N–H and O–H groups in total. The van der Waals surface area contributed by atoms with Gasteiger partial charge in [0.05, 0.1) is 6.61 Å². The molecule has 0 saturated carbocycles. The number of esters is 1. The summed E-state index contributed by atoms with van der Waals surface area (Å²) in [6, 6.07) is 6.01. The van der Waals surface area contributed by atoms with Gasteiger partial charge in [0, 0.05) is 5.41 Å². The van der Waals surface area contributed by atoms with Gasteiger partial charge >= 0.3 is 5.97 Å². The van der Waals surface area contributed by atoms with Gasteiger partial charge in [0.25, 0.3) is 0 Å². The second-order valence-corrected chi connectivity index (χ2v) is 7.60. The maximum atomic E-state index is 12.1. The van der Waals surface area contributed by atoms with E-state index in [0.29, 0.717) is 13.0 Å². The van der Waals surface area contributed by atoms with E-state index in [2.05, 4.69) is 34.6 Å². The van der Waals surface area contributed by atoms with E-state index in [4.69, 9.17) is 10.5 Å². The van der Waals surface area contributed by atoms with Crippen LogP contribution < -0.4 is 5.73 Å². The Bertz CT molecular complexity index is 506. The summed E-state index contributed by atoms with van der Waals surface area (Å²) < 4.78 is 5.48. The highest BCUT2D eigenvalue weighted by Gasteiger charge is 2.37. The van der Waals surface area contributed by atoms with Crippen molar-refractivity contribution in [1.82, 2.24) is 0 Å². The smallest absolute Gasteiger partial charge is 0.323 e. The average molecular weight is 321 g/mol. The molecule has 0 bridgehead atoms. The Kier molecular flexibility index (Phi) is 6.63. The van der Waals surface area contributed by atoms with Crippen molar-refractivity contribution in [2.75, 3.05) is 6.61 Å². The quantitative estimate of drug-likeness (QED) is 0.717. The molecule has 0 spiro atoms. The fraction of sp³-hybridized carbons (Fsp3) is 0.632. The van der Waals surface area contributed by atoms with Crippen LogP contribution >= 0.6 is 0 Å². The molecule has 23 heavy (non-hydrogen) atoms. The molecule has 0 heterocycles. The third-order valence-corrected chi connectivity index (χ3v) is 4.98. The van der Waals surface area contributed by atoms with Gasteiger partial charge in [-0.05, 0) is 36.0 Å². The van der Waals surface area contributed by atoms with Crippen LogP contribution in [0.3, 0.4) is 0 Å². The number of benzene rings is 1. The van der Waals surface area contributed by atoms with E-state index in [1.54, 1.807) is 24.3 Å². The molecule has 4 heteroatoms. The van der Waals surface area contributed by atoms with E-state index in [0.717, 1.165) is 18.4 Å². The van der Waals surface area contributed by atoms with Gasteiger partial charge in [-0.2, -0.15) is 0 Å². The minimum atomic E-state index is -0.690. The van der Waals surface area contributed by atoms with Crippen LogP contribution in [0.4, 0.5) is 0 Å². The monoisotopic (exact) mass is 321 g/mol. The van der Waals surface area contributed by atoms with Gasteiger partial charge in [-0.3, -0.25) is 4.79 Å². The zero-order valence-corrected chi connectivity index (χ0v) is 15.1. The molecule has 1 atom stereocenters. The minimum absolute atomic E-state index is 0.0864. The highest BCUT2D eigenvalue weighted by molar-refractivity contribution is 5.75. The fourth-order valence-electron chi connectivity index (χ4n) is 2.49. The van der Waals surface area contributed by atoms with Crippen LogP contribution in [0.25, 0.3) is 0 Å². The number of phenolic OH excluding ortho intramolecular Hbond substituents is 1. The van der Waals surface area contributed by atoms with E-state index in [9.17, 15) is 9.90 Å². The Morgan fingerprint density at radius 1 is 1.17 bits per heavy atom. The highest BCUT2D eigenvalue weighted by atomic mass is 16.5. The second kappa shape index (κ2) is 7.82. The molecule has 1 aromatic rings. The lowest BCUT2D eigenvalue weighted by Gasteiger charge is -2.41. The van der Waals surface area contributed by atoms with Crippen LogP contribution in [0.15, 0.2) is 24.3 Å². The highest BCUT2D eigenvalue weighted by Crippen LogP contribution is 2.42. The summed E-state index contributed by atoms with van der Waals surface area (Å²) in [4.78, 5) is 12.1. The van der Waals surface area contributed by atoms with Crippen LogP contribution in [0.2, 0.25) is 0 Å². The van der Waals surface area contributed by atoms with E-state index in [1.807, 2.05) is 0 Å². The Morgan fingerprint density at radius 2 is 1.74 bits per heavy atom. The van der Waals surface area contributed by atoms with Crippen molar-refractivity contribution in [3.05, 3.63) is 29.8 Å². The predicted octanol–water partition coefficient (Wildman–Crippen LogP) is 3.66. The molecule has 0 radical (unpaired) electrons. The van der Waals surface area contributed by atoms with Gasteiger partial charge in [-0.15, -0.1) is 0 Å². The molecule has 0 amide bonds. The molecule has 4 nitrogen and oxygen atoms in total. The molecule has 130 valence electrons. The third kappa shape index (κ3) is 5.54. The number of rotatable bonds is 8. The number of carbonyl (C=O) groups is 1. The topological polar surface area (TPSA) is 72.5 Å². The van der Waals surface area contributed by atoms with Crippen molar-refractivity contribution in [1.29, 1.82) is 0 Å². The number of hydrogen-bond acceptors (Lipinski definition) is 4. The summed E-state index contributed by atoms with van der Waals surface area (Å²) in [5, 5.41) is 9.27. The second-order valence-electron chi connectivity index (χ2n) is 7.60. The normalized spacial score (nSPS) is 13.7. The standard InChI is InChI=1S/C19H31NO3/c1-6-11-18(2,3)19(4,5)13-23-17(22)16(20)12-14-7-9-15(21)10-8-14/h7-10,16,21H,6,11-13,20H2,1-5H3. The SMILES string of the molecule is CCCC(C)(C)C(C)(C)COC(=O)C(N)Cc1ccc(O)cc1. The summed E-state index contributed by atoms with van der Waals surface area (Å²) >= 11 is 0. The van der Waals surface area contributed by atoms with E-state index >= 15 is 0 Å². The zero-order valence-electron chi connectivity index (χ0n) is 15.1. The van der Waals surface area contributed by atoms with Gasteiger partial charge in [0.1, 0.15) is 11.8 Å². The third-order valence-electron chi connectivity index (χ3n) is 4.98. The number of aromatic hydroxyl groups is 1. The number of hydrogen-bond donors (Lipinski definition) is 2. The Labute approximate surface area is 140 Å². The molecular weight excluding hydrogens is 290 g/mol. The summed E-state index contributed by atoms with van der Waals surface area (Å²) in [6.45, 7) is 11.2. The molecular formula is C19H31NO3.